The van der Waals surface area contributed by atoms with Gasteiger partial charge in [-0.2, -0.15) is 0 Å². The summed E-state index contributed by atoms with van der Waals surface area (Å²) in [5.41, 5.74) is -0.222. The molecule has 1 heterocycles. The third-order valence-corrected chi connectivity index (χ3v) is 3.65. The maximum Gasteiger partial charge on any atom is 0.149 e. The van der Waals surface area contributed by atoms with E-state index in [1.54, 1.807) is 0 Å². The summed E-state index contributed by atoms with van der Waals surface area (Å²) in [4.78, 5) is 0. The molecule has 0 radical (unpaired) electrons. The van der Waals surface area contributed by atoms with E-state index in [9.17, 15) is 8.78 Å². The molecule has 0 spiro atoms. The molecule has 1 fully saturated rings. The minimum atomic E-state index is -0.542. The van der Waals surface area contributed by atoms with Crippen molar-refractivity contribution < 1.29 is 13.5 Å². The number of nitrogens with one attached hydrogen (secondary N) is 1. The van der Waals surface area contributed by atoms with Crippen LogP contribution in [-0.4, -0.2) is 18.2 Å². The molecule has 2 rings (SSSR count). The summed E-state index contributed by atoms with van der Waals surface area (Å²) in [7, 11) is 0. The number of benzene rings is 1. The first kappa shape index (κ1) is 13.3. The van der Waals surface area contributed by atoms with Gasteiger partial charge in [-0.15, -0.1) is 0 Å². The Labute approximate surface area is 106 Å². The van der Waals surface area contributed by atoms with E-state index < -0.39 is 11.6 Å². The molecule has 4 heteroatoms. The maximum atomic E-state index is 13.5. The van der Waals surface area contributed by atoms with E-state index in [2.05, 4.69) is 12.2 Å². The third-order valence-electron chi connectivity index (χ3n) is 3.65. The monoisotopic (exact) mass is 255 g/mol. The summed E-state index contributed by atoms with van der Waals surface area (Å²) in [6, 6.07) is 3.96. The van der Waals surface area contributed by atoms with Gasteiger partial charge < -0.3 is 10.1 Å². The lowest BCUT2D eigenvalue weighted by Crippen LogP contribution is -2.42. The molecule has 0 saturated carbocycles. The van der Waals surface area contributed by atoms with Crippen molar-refractivity contribution in [3.05, 3.63) is 29.8 Å². The van der Waals surface area contributed by atoms with Crippen LogP contribution < -0.4 is 5.32 Å². The molecule has 1 saturated heterocycles. The Hall–Kier alpha value is -1.16. The SMILES string of the molecule is CCC1(C)CC(Nc2c(F)cccc2F)CCO1. The second-order valence-electron chi connectivity index (χ2n) is 5.08. The molecular formula is C14H19F2NO. The molecule has 0 aromatic heterocycles. The summed E-state index contributed by atoms with van der Waals surface area (Å²) in [5, 5.41) is 2.98. The van der Waals surface area contributed by atoms with Gasteiger partial charge in [0, 0.05) is 12.6 Å². The van der Waals surface area contributed by atoms with Gasteiger partial charge in [0.1, 0.15) is 17.3 Å². The number of rotatable bonds is 3. The van der Waals surface area contributed by atoms with E-state index in [0.717, 1.165) is 19.3 Å². The minimum Gasteiger partial charge on any atom is -0.377 e. The Morgan fingerprint density at radius 3 is 2.67 bits per heavy atom. The third kappa shape index (κ3) is 2.80. The summed E-state index contributed by atoms with van der Waals surface area (Å²) < 4.78 is 32.8. The summed E-state index contributed by atoms with van der Waals surface area (Å²) in [6.07, 6.45) is 2.42. The van der Waals surface area contributed by atoms with Crippen LogP contribution in [0.4, 0.5) is 14.5 Å². The fraction of sp³-hybridized carbons (Fsp3) is 0.571. The number of halogens is 2. The van der Waals surface area contributed by atoms with Crippen molar-refractivity contribution in [3.8, 4) is 0 Å². The van der Waals surface area contributed by atoms with E-state index in [1.165, 1.54) is 18.2 Å². The average Bonchev–Trinajstić information content (AvgIpc) is 2.34. The fourth-order valence-corrected chi connectivity index (χ4v) is 2.34. The van der Waals surface area contributed by atoms with Gasteiger partial charge in [-0.05, 0) is 38.3 Å². The molecular weight excluding hydrogens is 236 g/mol. The molecule has 1 aromatic carbocycles. The largest absolute Gasteiger partial charge is 0.377 e. The summed E-state index contributed by atoms with van der Waals surface area (Å²) in [5.74, 6) is -1.08. The van der Waals surface area contributed by atoms with Crippen LogP contribution in [0.2, 0.25) is 0 Å². The van der Waals surface area contributed by atoms with E-state index in [4.69, 9.17) is 4.74 Å². The maximum absolute atomic E-state index is 13.5. The number of para-hydroxylation sites is 1. The first-order valence-corrected chi connectivity index (χ1v) is 6.38. The molecule has 1 aliphatic heterocycles. The van der Waals surface area contributed by atoms with Crippen molar-refractivity contribution in [1.29, 1.82) is 0 Å². The van der Waals surface area contributed by atoms with Crippen molar-refractivity contribution in [2.45, 2.75) is 44.8 Å². The first-order valence-electron chi connectivity index (χ1n) is 6.38. The summed E-state index contributed by atoms with van der Waals surface area (Å²) >= 11 is 0. The highest BCUT2D eigenvalue weighted by molar-refractivity contribution is 5.47. The molecule has 18 heavy (non-hydrogen) atoms. The second-order valence-corrected chi connectivity index (χ2v) is 5.08. The number of anilines is 1. The Kier molecular flexibility index (Phi) is 3.85. The van der Waals surface area contributed by atoms with E-state index in [0.29, 0.717) is 6.61 Å². The van der Waals surface area contributed by atoms with Crippen LogP contribution in [-0.2, 0) is 4.74 Å². The van der Waals surface area contributed by atoms with E-state index in [-0.39, 0.29) is 17.3 Å². The Bertz CT molecular complexity index is 404. The Morgan fingerprint density at radius 1 is 1.39 bits per heavy atom. The van der Waals surface area contributed by atoms with Gasteiger partial charge in [0.05, 0.1) is 5.60 Å². The highest BCUT2D eigenvalue weighted by Gasteiger charge is 2.32. The van der Waals surface area contributed by atoms with Crippen LogP contribution in [0.3, 0.4) is 0 Å². The Morgan fingerprint density at radius 2 is 2.06 bits per heavy atom. The van der Waals surface area contributed by atoms with Gasteiger partial charge in [-0.25, -0.2) is 8.78 Å². The zero-order valence-corrected chi connectivity index (χ0v) is 10.8. The predicted molar refractivity (Wildman–Crippen MR) is 67.7 cm³/mol. The molecule has 1 aliphatic rings. The molecule has 0 bridgehead atoms. The molecule has 100 valence electrons. The van der Waals surface area contributed by atoms with Crippen LogP contribution in [0.1, 0.15) is 33.1 Å². The van der Waals surface area contributed by atoms with Crippen molar-refractivity contribution in [1.82, 2.24) is 0 Å². The smallest absolute Gasteiger partial charge is 0.149 e. The van der Waals surface area contributed by atoms with Gasteiger partial charge in [0.25, 0.3) is 0 Å². The normalized spacial score (nSPS) is 28.1. The predicted octanol–water partition coefficient (Wildman–Crippen LogP) is 3.72. The number of hydrogen-bond acceptors (Lipinski definition) is 2. The molecule has 1 aromatic rings. The topological polar surface area (TPSA) is 21.3 Å². The van der Waals surface area contributed by atoms with Gasteiger partial charge in [-0.1, -0.05) is 13.0 Å². The van der Waals surface area contributed by atoms with Crippen molar-refractivity contribution in [2.75, 3.05) is 11.9 Å². The highest BCUT2D eigenvalue weighted by Crippen LogP contribution is 2.30. The lowest BCUT2D eigenvalue weighted by atomic mass is 9.90. The van der Waals surface area contributed by atoms with Crippen LogP contribution in [0.15, 0.2) is 18.2 Å². The standard InChI is InChI=1S/C14H19F2NO/c1-3-14(2)9-10(7-8-18-14)17-13-11(15)5-4-6-12(13)16/h4-6,10,17H,3,7-9H2,1-2H3. The molecule has 2 atom stereocenters. The highest BCUT2D eigenvalue weighted by atomic mass is 19.1. The zero-order valence-electron chi connectivity index (χ0n) is 10.8. The number of hydrogen-bond donors (Lipinski definition) is 1. The quantitative estimate of drug-likeness (QED) is 0.888. The lowest BCUT2D eigenvalue weighted by molar-refractivity contribution is -0.0709. The molecule has 0 amide bonds. The first-order chi connectivity index (χ1) is 8.54. The molecule has 0 aliphatic carbocycles. The van der Waals surface area contributed by atoms with Gasteiger partial charge in [0.15, 0.2) is 0 Å². The van der Waals surface area contributed by atoms with Gasteiger partial charge >= 0.3 is 0 Å². The van der Waals surface area contributed by atoms with Crippen molar-refractivity contribution in [3.63, 3.8) is 0 Å². The van der Waals surface area contributed by atoms with E-state index >= 15 is 0 Å². The summed E-state index contributed by atoms with van der Waals surface area (Å²) in [6.45, 7) is 4.72. The molecule has 1 N–H and O–H groups in total. The van der Waals surface area contributed by atoms with Crippen LogP contribution >= 0.6 is 0 Å². The van der Waals surface area contributed by atoms with Crippen LogP contribution in [0.5, 0.6) is 0 Å². The van der Waals surface area contributed by atoms with Gasteiger partial charge in [0.2, 0.25) is 0 Å². The molecule has 2 unspecified atom stereocenters. The van der Waals surface area contributed by atoms with Crippen LogP contribution in [0, 0.1) is 11.6 Å². The lowest BCUT2D eigenvalue weighted by Gasteiger charge is -2.38. The second kappa shape index (κ2) is 5.22. The fourth-order valence-electron chi connectivity index (χ4n) is 2.34. The zero-order chi connectivity index (χ0) is 13.2. The molecule has 2 nitrogen and oxygen atoms in total. The van der Waals surface area contributed by atoms with Crippen LogP contribution in [0.25, 0.3) is 0 Å². The van der Waals surface area contributed by atoms with Crippen molar-refractivity contribution in [2.24, 2.45) is 0 Å². The van der Waals surface area contributed by atoms with E-state index in [1.807, 2.05) is 6.92 Å². The number of ether oxygens (including phenoxy) is 1. The average molecular weight is 255 g/mol. The van der Waals surface area contributed by atoms with Crippen molar-refractivity contribution >= 4 is 5.69 Å². The Balaban J connectivity index is 2.10. The minimum absolute atomic E-state index is 0.0251. The van der Waals surface area contributed by atoms with Gasteiger partial charge in [-0.3, -0.25) is 0 Å².